The number of ether oxygens (including phenoxy) is 1. The molecule has 2 rings (SSSR count). The van der Waals surface area contributed by atoms with Gasteiger partial charge in [0.25, 0.3) is 5.91 Å². The minimum Gasteiger partial charge on any atom is -0.460 e. The number of aryl methyl sites for hydroxylation is 1. The first-order valence-corrected chi connectivity index (χ1v) is 9.12. The molecule has 0 aliphatic carbocycles. The first-order valence-electron chi connectivity index (χ1n) is 8.74. The molecule has 1 heterocycles. The molecule has 1 amide bonds. The number of carbonyl (C=O) groups excluding carboxylic acids is 2. The lowest BCUT2D eigenvalue weighted by atomic mass is 10.2. The monoisotopic (exact) mass is 392 g/mol. The molecule has 1 aromatic carbocycles. The van der Waals surface area contributed by atoms with Crippen LogP contribution in [0, 0.1) is 6.92 Å². The van der Waals surface area contributed by atoms with Crippen LogP contribution in [0.1, 0.15) is 50.1 Å². The minimum absolute atomic E-state index is 0.0900. The fraction of sp³-hybridized carbons (Fsp3) is 0.474. The Morgan fingerprint density at radius 1 is 1.26 bits per heavy atom. The lowest BCUT2D eigenvalue weighted by Crippen LogP contribution is -2.30. The first-order chi connectivity index (χ1) is 12.6. The number of halogens is 1. The van der Waals surface area contributed by atoms with Gasteiger partial charge in [-0.3, -0.25) is 9.59 Å². The van der Waals surface area contributed by atoms with Crippen LogP contribution in [0.5, 0.6) is 0 Å². The molecule has 0 unspecified atom stereocenters. The van der Waals surface area contributed by atoms with Gasteiger partial charge in [-0.25, -0.2) is 9.67 Å². The summed E-state index contributed by atoms with van der Waals surface area (Å²) in [4.78, 5) is 30.1. The topological polar surface area (TPSA) is 77.3 Å². The van der Waals surface area contributed by atoms with E-state index in [1.54, 1.807) is 24.7 Å². The molecule has 0 spiro atoms. The lowest BCUT2D eigenvalue weighted by Gasteiger charge is -2.20. The second kappa shape index (κ2) is 8.52. The van der Waals surface area contributed by atoms with Crippen molar-refractivity contribution in [2.75, 3.05) is 13.6 Å². The van der Waals surface area contributed by atoms with Crippen molar-refractivity contribution in [3.8, 4) is 5.69 Å². The van der Waals surface area contributed by atoms with Crippen molar-refractivity contribution in [1.29, 1.82) is 0 Å². The average Bonchev–Trinajstić information content (AvgIpc) is 2.94. The summed E-state index contributed by atoms with van der Waals surface area (Å²) >= 11 is 6.20. The number of carbonyl (C=O) groups is 2. The second-order valence-corrected chi connectivity index (χ2v) is 7.67. The number of rotatable bonds is 6. The fourth-order valence-corrected chi connectivity index (χ4v) is 2.67. The Morgan fingerprint density at radius 3 is 2.56 bits per heavy atom. The fourth-order valence-electron chi connectivity index (χ4n) is 2.46. The van der Waals surface area contributed by atoms with Crippen LogP contribution in [0.25, 0.3) is 5.69 Å². The minimum atomic E-state index is -0.508. The van der Waals surface area contributed by atoms with Crippen molar-refractivity contribution in [2.24, 2.45) is 0 Å². The third-order valence-corrected chi connectivity index (χ3v) is 4.00. The van der Waals surface area contributed by atoms with Crippen LogP contribution in [0.15, 0.2) is 24.3 Å². The van der Waals surface area contributed by atoms with Crippen molar-refractivity contribution in [3.63, 3.8) is 0 Å². The molecule has 0 aliphatic rings. The number of nitrogens with zero attached hydrogens (tertiary/aromatic N) is 4. The van der Waals surface area contributed by atoms with E-state index in [9.17, 15) is 9.59 Å². The molecular weight excluding hydrogens is 368 g/mol. The molecule has 0 aliphatic heterocycles. The molecule has 0 N–H and O–H groups in total. The molecular formula is C19H25ClN4O3. The van der Waals surface area contributed by atoms with Crippen LogP contribution in [-0.2, 0) is 9.53 Å². The number of benzene rings is 1. The smallest absolute Gasteiger partial charge is 0.306 e. The van der Waals surface area contributed by atoms with Gasteiger partial charge in [-0.2, -0.15) is 0 Å². The Morgan fingerprint density at radius 2 is 1.93 bits per heavy atom. The van der Waals surface area contributed by atoms with Gasteiger partial charge >= 0.3 is 5.97 Å². The third kappa shape index (κ3) is 5.79. The SMILES string of the molecule is Cc1nc(C(=O)N(C)CCCC(=O)OC(C)(C)C)nn1-c1ccccc1Cl. The van der Waals surface area contributed by atoms with Crippen molar-refractivity contribution < 1.29 is 14.3 Å². The number of hydrogen-bond acceptors (Lipinski definition) is 5. The molecule has 0 radical (unpaired) electrons. The molecule has 0 saturated carbocycles. The number of hydrogen-bond donors (Lipinski definition) is 0. The zero-order chi connectivity index (χ0) is 20.2. The van der Waals surface area contributed by atoms with Gasteiger partial charge in [-0.15, -0.1) is 5.10 Å². The van der Waals surface area contributed by atoms with Gasteiger partial charge in [0.15, 0.2) is 0 Å². The molecule has 146 valence electrons. The first kappa shape index (κ1) is 20.9. The van der Waals surface area contributed by atoms with E-state index < -0.39 is 5.60 Å². The van der Waals surface area contributed by atoms with Crippen molar-refractivity contribution in [1.82, 2.24) is 19.7 Å². The molecule has 27 heavy (non-hydrogen) atoms. The van der Waals surface area contributed by atoms with Crippen LogP contribution >= 0.6 is 11.6 Å². The van der Waals surface area contributed by atoms with Gasteiger partial charge in [0.2, 0.25) is 5.82 Å². The normalized spacial score (nSPS) is 11.3. The highest BCUT2D eigenvalue weighted by Crippen LogP contribution is 2.20. The van der Waals surface area contributed by atoms with Gasteiger partial charge in [0, 0.05) is 20.0 Å². The number of amides is 1. The summed E-state index contributed by atoms with van der Waals surface area (Å²) in [7, 11) is 1.66. The molecule has 7 nitrogen and oxygen atoms in total. The van der Waals surface area contributed by atoms with E-state index in [2.05, 4.69) is 10.1 Å². The van der Waals surface area contributed by atoms with E-state index in [1.165, 1.54) is 4.90 Å². The van der Waals surface area contributed by atoms with Gasteiger partial charge < -0.3 is 9.64 Å². The Balaban J connectivity index is 1.98. The Hall–Kier alpha value is -2.41. The van der Waals surface area contributed by atoms with Gasteiger partial charge in [-0.05, 0) is 46.2 Å². The standard InChI is InChI=1S/C19H25ClN4O3/c1-13-21-17(22-24(13)15-10-7-6-9-14(15)20)18(26)23(5)12-8-11-16(25)27-19(2,3)4/h6-7,9-10H,8,11-12H2,1-5H3. The van der Waals surface area contributed by atoms with Crippen LogP contribution < -0.4 is 0 Å². The highest BCUT2D eigenvalue weighted by Gasteiger charge is 2.21. The maximum Gasteiger partial charge on any atom is 0.306 e. The van der Waals surface area contributed by atoms with Crippen LogP contribution in [0.2, 0.25) is 5.02 Å². The quantitative estimate of drug-likeness (QED) is 0.704. The molecule has 0 atom stereocenters. The summed E-state index contributed by atoms with van der Waals surface area (Å²) < 4.78 is 6.81. The second-order valence-electron chi connectivity index (χ2n) is 7.26. The van der Waals surface area contributed by atoms with Crippen molar-refractivity contribution in [3.05, 3.63) is 40.9 Å². The summed E-state index contributed by atoms with van der Waals surface area (Å²) in [5.74, 6) is 0.0641. The summed E-state index contributed by atoms with van der Waals surface area (Å²) in [5.41, 5.74) is 0.155. The van der Waals surface area contributed by atoms with E-state index in [0.29, 0.717) is 29.5 Å². The van der Waals surface area contributed by atoms with Gasteiger partial charge in [-0.1, -0.05) is 23.7 Å². The van der Waals surface area contributed by atoms with Crippen LogP contribution in [0.4, 0.5) is 0 Å². The maximum absolute atomic E-state index is 12.6. The zero-order valence-corrected chi connectivity index (χ0v) is 17.1. The van der Waals surface area contributed by atoms with Crippen LogP contribution in [0.3, 0.4) is 0 Å². The molecule has 8 heteroatoms. The number of aromatic nitrogens is 3. The third-order valence-electron chi connectivity index (χ3n) is 3.68. The summed E-state index contributed by atoms with van der Waals surface area (Å²) in [6.45, 7) is 7.63. The lowest BCUT2D eigenvalue weighted by molar-refractivity contribution is -0.154. The van der Waals surface area contributed by atoms with E-state index in [0.717, 1.165) is 0 Å². The Labute approximate surface area is 164 Å². The molecule has 0 fully saturated rings. The highest BCUT2D eigenvalue weighted by molar-refractivity contribution is 6.32. The largest absolute Gasteiger partial charge is 0.460 e. The van der Waals surface area contributed by atoms with Crippen molar-refractivity contribution in [2.45, 2.75) is 46.1 Å². The van der Waals surface area contributed by atoms with Crippen LogP contribution in [-0.4, -0.2) is 50.7 Å². The highest BCUT2D eigenvalue weighted by atomic mass is 35.5. The Kier molecular flexibility index (Phi) is 6.59. The van der Waals surface area contributed by atoms with E-state index in [-0.39, 0.29) is 24.1 Å². The summed E-state index contributed by atoms with van der Waals surface area (Å²) in [6, 6.07) is 7.22. The molecule has 2 aromatic rings. The summed E-state index contributed by atoms with van der Waals surface area (Å²) in [5, 5.41) is 4.82. The van der Waals surface area contributed by atoms with Gasteiger partial charge in [0.05, 0.1) is 10.7 Å². The zero-order valence-electron chi connectivity index (χ0n) is 16.3. The Bertz CT molecular complexity index is 827. The average molecular weight is 393 g/mol. The number of para-hydroxylation sites is 1. The molecule has 0 bridgehead atoms. The molecule has 1 aromatic heterocycles. The van der Waals surface area contributed by atoms with Crippen molar-refractivity contribution >= 4 is 23.5 Å². The summed E-state index contributed by atoms with van der Waals surface area (Å²) in [6.07, 6.45) is 0.747. The predicted octanol–water partition coefficient (Wildman–Crippen LogP) is 3.42. The molecule has 0 saturated heterocycles. The van der Waals surface area contributed by atoms with E-state index in [4.69, 9.17) is 16.3 Å². The van der Waals surface area contributed by atoms with E-state index in [1.807, 2.05) is 39.0 Å². The predicted molar refractivity (Wildman–Crippen MR) is 103 cm³/mol. The van der Waals surface area contributed by atoms with E-state index >= 15 is 0 Å². The van der Waals surface area contributed by atoms with Gasteiger partial charge in [0.1, 0.15) is 11.4 Å². The maximum atomic E-state index is 12.6. The number of esters is 1.